The molecule has 2 N–H and O–H groups in total. The fraction of sp³-hybridized carbons (Fsp3) is 0.333. The zero-order chi connectivity index (χ0) is 22.5. The van der Waals surface area contributed by atoms with Crippen molar-refractivity contribution in [2.24, 2.45) is 0 Å². The van der Waals surface area contributed by atoms with Gasteiger partial charge in [0.15, 0.2) is 5.69 Å². The average molecular weight is 481 g/mol. The number of hydrogen-bond acceptors (Lipinski definition) is 7. The first-order valence-electron chi connectivity index (χ1n) is 11.2. The van der Waals surface area contributed by atoms with Gasteiger partial charge in [-0.05, 0) is 50.5 Å². The van der Waals surface area contributed by atoms with Crippen LogP contribution in [0, 0.1) is 6.92 Å². The second kappa shape index (κ2) is 8.73. The minimum atomic E-state index is -0.375. The number of aliphatic hydroxyl groups excluding tert-OH is 1. The van der Waals surface area contributed by atoms with E-state index in [-0.39, 0.29) is 30.1 Å². The second-order valence-corrected chi connectivity index (χ2v) is 8.81. The fourth-order valence-electron chi connectivity index (χ4n) is 4.39. The molecular formula is C24H25ClN6O3. The Hall–Kier alpha value is -3.43. The summed E-state index contributed by atoms with van der Waals surface area (Å²) in [6.45, 7) is 3.14. The largest absolute Gasteiger partial charge is 0.444 e. The van der Waals surface area contributed by atoms with Gasteiger partial charge in [0, 0.05) is 35.9 Å². The molecule has 4 heterocycles. The number of β-amino-alcohol motifs (C(OH)–C–C–N with tert-alkyl or cyclic N) is 1. The third kappa shape index (κ3) is 4.12. The number of nitrogens with one attached hydrogen (secondary N) is 1. The number of pyridine rings is 1. The highest BCUT2D eigenvalue weighted by Gasteiger charge is 2.28. The van der Waals surface area contributed by atoms with Gasteiger partial charge < -0.3 is 19.7 Å². The van der Waals surface area contributed by atoms with Crippen LogP contribution in [-0.2, 0) is 0 Å². The van der Waals surface area contributed by atoms with E-state index in [1.165, 1.54) is 6.26 Å². The molecule has 6 rings (SSSR count). The van der Waals surface area contributed by atoms with E-state index in [4.69, 9.17) is 4.42 Å². The number of fused-ring (bicyclic) bond motifs is 1. The monoisotopic (exact) mass is 480 g/mol. The summed E-state index contributed by atoms with van der Waals surface area (Å²) in [6.07, 6.45) is 7.49. The van der Waals surface area contributed by atoms with Crippen LogP contribution in [0.5, 0.6) is 0 Å². The number of aryl methyl sites for hydroxylation is 1. The summed E-state index contributed by atoms with van der Waals surface area (Å²) in [7, 11) is 0. The van der Waals surface area contributed by atoms with E-state index in [9.17, 15) is 9.90 Å². The smallest absolute Gasteiger partial charge is 0.277 e. The predicted molar refractivity (Wildman–Crippen MR) is 131 cm³/mol. The molecule has 0 spiro atoms. The maximum absolute atomic E-state index is 13.1. The number of carbonyl (C=O) groups is 1. The highest BCUT2D eigenvalue weighted by molar-refractivity contribution is 6.06. The lowest BCUT2D eigenvalue weighted by atomic mass is 10.1. The molecule has 9 nitrogen and oxygen atoms in total. The number of aliphatic hydroxyl groups is 1. The lowest BCUT2D eigenvalue weighted by Gasteiger charge is -2.22. The van der Waals surface area contributed by atoms with Crippen molar-refractivity contribution in [3.63, 3.8) is 0 Å². The number of halogens is 1. The van der Waals surface area contributed by atoms with E-state index in [0.29, 0.717) is 30.6 Å². The van der Waals surface area contributed by atoms with Gasteiger partial charge in [0.05, 0.1) is 35.2 Å². The molecule has 176 valence electrons. The van der Waals surface area contributed by atoms with Crippen molar-refractivity contribution in [2.45, 2.75) is 38.3 Å². The van der Waals surface area contributed by atoms with E-state index in [1.807, 2.05) is 36.0 Å². The van der Waals surface area contributed by atoms with Gasteiger partial charge in [0.1, 0.15) is 6.26 Å². The van der Waals surface area contributed by atoms with Crippen LogP contribution in [0.4, 0.5) is 11.4 Å². The van der Waals surface area contributed by atoms with Crippen LogP contribution >= 0.6 is 12.4 Å². The SMILES string of the molecule is Cc1cc(-c2nc(C(=O)Nc3cc4c(cnn4C4CC4)cc3N3CC[C@H](O)C3)co2)ccn1.Cl. The average Bonchev–Trinajstić information content (AvgIpc) is 3.20. The quantitative estimate of drug-likeness (QED) is 0.444. The van der Waals surface area contributed by atoms with Crippen molar-refractivity contribution in [1.82, 2.24) is 19.7 Å². The molecule has 2 aliphatic rings. The minimum Gasteiger partial charge on any atom is -0.444 e. The molecular weight excluding hydrogens is 456 g/mol. The van der Waals surface area contributed by atoms with Crippen LogP contribution in [-0.4, -0.2) is 50.0 Å². The molecule has 10 heteroatoms. The van der Waals surface area contributed by atoms with E-state index in [0.717, 1.165) is 47.2 Å². The molecule has 1 saturated heterocycles. The standard InChI is InChI=1S/C24H24N6O3.ClH/c1-14-8-15(4-6-25-14)24-28-20(13-33-24)23(32)27-19-10-21-16(11-26-30(21)17-2-3-17)9-22(19)29-7-5-18(31)12-29;/h4,6,8-11,13,17-18,31H,2-3,5,7,12H2,1H3,(H,27,32);1H/t18-;/m0./s1. The zero-order valence-electron chi connectivity index (χ0n) is 18.6. The third-order valence-corrected chi connectivity index (χ3v) is 6.24. The summed E-state index contributed by atoms with van der Waals surface area (Å²) in [5.41, 5.74) is 4.34. The second-order valence-electron chi connectivity index (χ2n) is 8.81. The molecule has 0 unspecified atom stereocenters. The summed E-state index contributed by atoms with van der Waals surface area (Å²) >= 11 is 0. The van der Waals surface area contributed by atoms with Gasteiger partial charge in [-0.15, -0.1) is 12.4 Å². The number of nitrogens with zero attached hydrogens (tertiary/aromatic N) is 5. The van der Waals surface area contributed by atoms with E-state index in [1.54, 1.807) is 12.3 Å². The summed E-state index contributed by atoms with van der Waals surface area (Å²) in [5, 5.41) is 18.7. The Kier molecular flexibility index (Phi) is 5.75. The van der Waals surface area contributed by atoms with Gasteiger partial charge in [0.2, 0.25) is 5.89 Å². The number of aromatic nitrogens is 4. The van der Waals surface area contributed by atoms with Crippen molar-refractivity contribution in [3.05, 3.63) is 54.3 Å². The van der Waals surface area contributed by atoms with Gasteiger partial charge in [-0.25, -0.2) is 4.98 Å². The Labute approximate surface area is 202 Å². The molecule has 4 aromatic rings. The molecule has 34 heavy (non-hydrogen) atoms. The maximum atomic E-state index is 13.1. The molecule has 1 amide bonds. The van der Waals surface area contributed by atoms with Gasteiger partial charge in [0.25, 0.3) is 5.91 Å². The summed E-state index contributed by atoms with van der Waals surface area (Å²) in [4.78, 5) is 23.8. The normalized spacial score (nSPS) is 17.7. The van der Waals surface area contributed by atoms with Crippen molar-refractivity contribution in [3.8, 4) is 11.5 Å². The summed E-state index contributed by atoms with van der Waals surface area (Å²) in [6, 6.07) is 8.10. The van der Waals surface area contributed by atoms with Gasteiger partial charge >= 0.3 is 0 Å². The Morgan fingerprint density at radius 3 is 2.82 bits per heavy atom. The highest BCUT2D eigenvalue weighted by atomic mass is 35.5. The third-order valence-electron chi connectivity index (χ3n) is 6.24. The van der Waals surface area contributed by atoms with Gasteiger partial charge in [-0.3, -0.25) is 14.5 Å². The number of rotatable bonds is 5. The Bertz CT molecular complexity index is 1360. The molecule has 1 saturated carbocycles. The first kappa shape index (κ1) is 22.4. The van der Waals surface area contributed by atoms with E-state index >= 15 is 0 Å². The number of carbonyl (C=O) groups excluding carboxylic acids is 1. The number of benzene rings is 1. The first-order chi connectivity index (χ1) is 16.0. The van der Waals surface area contributed by atoms with Crippen molar-refractivity contribution < 1.29 is 14.3 Å². The molecule has 2 fully saturated rings. The minimum absolute atomic E-state index is 0. The van der Waals surface area contributed by atoms with Crippen molar-refractivity contribution in [2.75, 3.05) is 23.3 Å². The highest BCUT2D eigenvalue weighted by Crippen LogP contribution is 2.40. The summed E-state index contributed by atoms with van der Waals surface area (Å²) < 4.78 is 7.60. The van der Waals surface area contributed by atoms with Gasteiger partial charge in [-0.2, -0.15) is 5.10 Å². The van der Waals surface area contributed by atoms with Crippen LogP contribution in [0.25, 0.3) is 22.4 Å². The van der Waals surface area contributed by atoms with Crippen LogP contribution in [0.2, 0.25) is 0 Å². The number of hydrogen-bond donors (Lipinski definition) is 2. The lowest BCUT2D eigenvalue weighted by Crippen LogP contribution is -2.23. The fourth-order valence-corrected chi connectivity index (χ4v) is 4.39. The predicted octanol–water partition coefficient (Wildman–Crippen LogP) is 3.97. The molecule has 1 aliphatic heterocycles. The molecule has 1 aliphatic carbocycles. The van der Waals surface area contributed by atoms with Crippen LogP contribution < -0.4 is 10.2 Å². The first-order valence-corrected chi connectivity index (χ1v) is 11.2. The lowest BCUT2D eigenvalue weighted by molar-refractivity contribution is 0.102. The molecule has 0 bridgehead atoms. The number of anilines is 2. The molecule has 0 radical (unpaired) electrons. The number of oxazole rings is 1. The Morgan fingerprint density at radius 2 is 2.09 bits per heavy atom. The topological polar surface area (TPSA) is 109 Å². The van der Waals surface area contributed by atoms with Crippen molar-refractivity contribution in [1.29, 1.82) is 0 Å². The van der Waals surface area contributed by atoms with Crippen LogP contribution in [0.15, 0.2) is 47.3 Å². The molecule has 1 atom stereocenters. The van der Waals surface area contributed by atoms with Crippen LogP contribution in [0.3, 0.4) is 0 Å². The maximum Gasteiger partial charge on any atom is 0.277 e. The summed E-state index contributed by atoms with van der Waals surface area (Å²) in [5.74, 6) is 0.0180. The van der Waals surface area contributed by atoms with E-state index in [2.05, 4.69) is 25.3 Å². The molecule has 1 aromatic carbocycles. The Morgan fingerprint density at radius 1 is 1.24 bits per heavy atom. The van der Waals surface area contributed by atoms with Crippen molar-refractivity contribution >= 4 is 40.6 Å². The van der Waals surface area contributed by atoms with E-state index < -0.39 is 0 Å². The van der Waals surface area contributed by atoms with Gasteiger partial charge in [-0.1, -0.05) is 0 Å². The zero-order valence-corrected chi connectivity index (χ0v) is 19.5. The van der Waals surface area contributed by atoms with Crippen LogP contribution in [0.1, 0.15) is 41.5 Å². The molecule has 3 aromatic heterocycles. The number of amides is 1. The Balaban J connectivity index is 0.00000241.